The summed E-state index contributed by atoms with van der Waals surface area (Å²) in [5.74, 6) is 1.51. The van der Waals surface area contributed by atoms with Crippen LogP contribution < -0.4 is 0 Å². The van der Waals surface area contributed by atoms with Crippen LogP contribution in [0, 0.1) is 11.8 Å². The smallest absolute Gasteiger partial charge is 0.0494 e. The highest BCUT2D eigenvalue weighted by molar-refractivity contribution is 4.58. The Kier molecular flexibility index (Phi) is 6.63. The summed E-state index contributed by atoms with van der Waals surface area (Å²) in [4.78, 5) is 0. The second kappa shape index (κ2) is 6.66. The van der Waals surface area contributed by atoms with E-state index in [-0.39, 0.29) is 0 Å². The molecule has 0 bridgehead atoms. The van der Waals surface area contributed by atoms with E-state index < -0.39 is 0 Å². The van der Waals surface area contributed by atoms with Crippen molar-refractivity contribution in [2.45, 2.75) is 40.5 Å². The third-order valence-electron chi connectivity index (χ3n) is 2.34. The van der Waals surface area contributed by atoms with Crippen LogP contribution in [0.5, 0.6) is 0 Å². The third-order valence-corrected chi connectivity index (χ3v) is 2.34. The van der Waals surface area contributed by atoms with Crippen LogP contribution in [0.1, 0.15) is 40.5 Å². The zero-order valence-corrected chi connectivity index (χ0v) is 8.39. The summed E-state index contributed by atoms with van der Waals surface area (Å²) in [6.07, 6.45) is 2.39. The Morgan fingerprint density at radius 1 is 1.09 bits per heavy atom. The molecule has 0 saturated carbocycles. The van der Waals surface area contributed by atoms with Crippen LogP contribution in [0.3, 0.4) is 0 Å². The van der Waals surface area contributed by atoms with Gasteiger partial charge in [0.2, 0.25) is 0 Å². The average Bonchev–Trinajstić information content (AvgIpc) is 2.03. The van der Waals surface area contributed by atoms with E-state index in [0.717, 1.165) is 25.6 Å². The SMILES string of the molecule is CCCOCC(C)C(C)CC. The molecule has 0 spiro atoms. The van der Waals surface area contributed by atoms with Crippen LogP contribution in [0.25, 0.3) is 0 Å². The molecular weight excluding hydrogens is 136 g/mol. The van der Waals surface area contributed by atoms with Crippen molar-refractivity contribution in [3.8, 4) is 0 Å². The predicted octanol–water partition coefficient (Wildman–Crippen LogP) is 3.10. The van der Waals surface area contributed by atoms with Gasteiger partial charge >= 0.3 is 0 Å². The fourth-order valence-electron chi connectivity index (χ4n) is 0.980. The quantitative estimate of drug-likeness (QED) is 0.540. The summed E-state index contributed by atoms with van der Waals surface area (Å²) in [6.45, 7) is 10.8. The van der Waals surface area contributed by atoms with Crippen molar-refractivity contribution in [1.82, 2.24) is 0 Å². The first kappa shape index (κ1) is 11.0. The fourth-order valence-corrected chi connectivity index (χ4v) is 0.980. The van der Waals surface area contributed by atoms with E-state index in [1.165, 1.54) is 6.42 Å². The summed E-state index contributed by atoms with van der Waals surface area (Å²) in [6, 6.07) is 0. The van der Waals surface area contributed by atoms with E-state index in [2.05, 4.69) is 27.7 Å². The molecule has 0 saturated heterocycles. The molecular formula is C10H22O. The largest absolute Gasteiger partial charge is 0.381 e. The van der Waals surface area contributed by atoms with E-state index in [1.54, 1.807) is 0 Å². The number of hydrogen-bond donors (Lipinski definition) is 0. The fraction of sp³-hybridized carbons (Fsp3) is 1.00. The molecule has 0 radical (unpaired) electrons. The highest BCUT2D eigenvalue weighted by atomic mass is 16.5. The van der Waals surface area contributed by atoms with Crippen molar-refractivity contribution in [2.24, 2.45) is 11.8 Å². The van der Waals surface area contributed by atoms with Crippen LogP contribution in [0.2, 0.25) is 0 Å². The summed E-state index contributed by atoms with van der Waals surface area (Å²) in [5.41, 5.74) is 0. The van der Waals surface area contributed by atoms with Crippen molar-refractivity contribution in [3.05, 3.63) is 0 Å². The second-order valence-electron chi connectivity index (χ2n) is 3.44. The molecule has 0 heterocycles. The molecule has 0 amide bonds. The third kappa shape index (κ3) is 5.25. The van der Waals surface area contributed by atoms with Crippen LogP contribution in [-0.2, 0) is 4.74 Å². The zero-order chi connectivity index (χ0) is 8.69. The lowest BCUT2D eigenvalue weighted by molar-refractivity contribution is 0.0865. The molecule has 0 aliphatic rings. The molecule has 0 aliphatic heterocycles. The van der Waals surface area contributed by atoms with E-state index in [1.807, 2.05) is 0 Å². The first-order chi connectivity index (χ1) is 5.22. The zero-order valence-electron chi connectivity index (χ0n) is 8.39. The van der Waals surface area contributed by atoms with Crippen LogP contribution in [-0.4, -0.2) is 13.2 Å². The summed E-state index contributed by atoms with van der Waals surface area (Å²) in [7, 11) is 0. The van der Waals surface area contributed by atoms with Gasteiger partial charge in [-0.05, 0) is 18.3 Å². The van der Waals surface area contributed by atoms with Gasteiger partial charge in [-0.25, -0.2) is 0 Å². The summed E-state index contributed by atoms with van der Waals surface area (Å²) >= 11 is 0. The maximum atomic E-state index is 5.47. The molecule has 0 rings (SSSR count). The molecule has 0 aromatic carbocycles. The van der Waals surface area contributed by atoms with E-state index in [9.17, 15) is 0 Å². The van der Waals surface area contributed by atoms with Gasteiger partial charge in [-0.2, -0.15) is 0 Å². The normalized spacial score (nSPS) is 16.4. The highest BCUT2D eigenvalue weighted by Gasteiger charge is 2.09. The van der Waals surface area contributed by atoms with Gasteiger partial charge in [0.15, 0.2) is 0 Å². The molecule has 2 atom stereocenters. The lowest BCUT2D eigenvalue weighted by atomic mass is 9.95. The molecule has 1 heteroatoms. The summed E-state index contributed by atoms with van der Waals surface area (Å²) in [5, 5.41) is 0. The van der Waals surface area contributed by atoms with Gasteiger partial charge in [0.1, 0.15) is 0 Å². The topological polar surface area (TPSA) is 9.23 Å². The Morgan fingerprint density at radius 2 is 1.73 bits per heavy atom. The van der Waals surface area contributed by atoms with Crippen LogP contribution in [0.4, 0.5) is 0 Å². The molecule has 0 aromatic heterocycles. The number of rotatable bonds is 6. The van der Waals surface area contributed by atoms with Gasteiger partial charge < -0.3 is 4.74 Å². The molecule has 0 aliphatic carbocycles. The molecule has 2 unspecified atom stereocenters. The van der Waals surface area contributed by atoms with E-state index in [4.69, 9.17) is 4.74 Å². The molecule has 0 aromatic rings. The minimum atomic E-state index is 0.714. The van der Waals surface area contributed by atoms with Crippen molar-refractivity contribution in [2.75, 3.05) is 13.2 Å². The first-order valence-corrected chi connectivity index (χ1v) is 4.80. The predicted molar refractivity (Wildman–Crippen MR) is 49.7 cm³/mol. The van der Waals surface area contributed by atoms with Crippen molar-refractivity contribution >= 4 is 0 Å². The Hall–Kier alpha value is -0.0400. The van der Waals surface area contributed by atoms with Crippen LogP contribution in [0.15, 0.2) is 0 Å². The van der Waals surface area contributed by atoms with Crippen molar-refractivity contribution < 1.29 is 4.74 Å². The molecule has 1 nitrogen and oxygen atoms in total. The maximum Gasteiger partial charge on any atom is 0.0494 e. The molecule has 0 N–H and O–H groups in total. The van der Waals surface area contributed by atoms with Gasteiger partial charge in [-0.1, -0.05) is 34.1 Å². The Bertz CT molecular complexity index is 80.9. The minimum Gasteiger partial charge on any atom is -0.381 e. The monoisotopic (exact) mass is 158 g/mol. The number of hydrogen-bond acceptors (Lipinski definition) is 1. The van der Waals surface area contributed by atoms with Gasteiger partial charge in [0, 0.05) is 13.2 Å². The first-order valence-electron chi connectivity index (χ1n) is 4.80. The Labute approximate surface area is 71.1 Å². The van der Waals surface area contributed by atoms with Gasteiger partial charge in [-0.3, -0.25) is 0 Å². The average molecular weight is 158 g/mol. The highest BCUT2D eigenvalue weighted by Crippen LogP contribution is 2.14. The second-order valence-corrected chi connectivity index (χ2v) is 3.44. The molecule has 0 fully saturated rings. The Balaban J connectivity index is 3.28. The van der Waals surface area contributed by atoms with Gasteiger partial charge in [0.25, 0.3) is 0 Å². The standard InChI is InChI=1S/C10H22O/c1-5-7-11-8-10(4)9(3)6-2/h9-10H,5-8H2,1-4H3. The number of ether oxygens (including phenoxy) is 1. The van der Waals surface area contributed by atoms with Crippen molar-refractivity contribution in [1.29, 1.82) is 0 Å². The lowest BCUT2D eigenvalue weighted by Crippen LogP contribution is -2.14. The summed E-state index contributed by atoms with van der Waals surface area (Å²) < 4.78 is 5.47. The minimum absolute atomic E-state index is 0.714. The maximum absolute atomic E-state index is 5.47. The molecule has 68 valence electrons. The Morgan fingerprint density at radius 3 is 2.18 bits per heavy atom. The molecule has 11 heavy (non-hydrogen) atoms. The van der Waals surface area contributed by atoms with Gasteiger partial charge in [-0.15, -0.1) is 0 Å². The van der Waals surface area contributed by atoms with E-state index in [0.29, 0.717) is 5.92 Å². The lowest BCUT2D eigenvalue weighted by Gasteiger charge is -2.17. The van der Waals surface area contributed by atoms with E-state index >= 15 is 0 Å². The van der Waals surface area contributed by atoms with Crippen molar-refractivity contribution in [3.63, 3.8) is 0 Å². The van der Waals surface area contributed by atoms with Gasteiger partial charge in [0.05, 0.1) is 0 Å². The van der Waals surface area contributed by atoms with Crippen LogP contribution >= 0.6 is 0 Å².